The minimum Gasteiger partial charge on any atom is -0.484 e. The lowest BCUT2D eigenvalue weighted by Gasteiger charge is -2.18. The van der Waals surface area contributed by atoms with Crippen LogP contribution in [0.4, 0.5) is 11.4 Å². The summed E-state index contributed by atoms with van der Waals surface area (Å²) in [5, 5.41) is 3.41. The van der Waals surface area contributed by atoms with E-state index < -0.39 is 0 Å². The maximum Gasteiger partial charge on any atom is 0.262 e. The summed E-state index contributed by atoms with van der Waals surface area (Å²) >= 11 is 6.01. The monoisotopic (exact) mass is 332 g/mol. The molecule has 0 bridgehead atoms. The second-order valence-electron chi connectivity index (χ2n) is 5.64. The fourth-order valence-corrected chi connectivity index (χ4v) is 2.31. The van der Waals surface area contributed by atoms with Crippen LogP contribution in [0.2, 0.25) is 5.02 Å². The molecular formula is C18H21ClN2O2. The van der Waals surface area contributed by atoms with E-state index in [1.165, 1.54) is 5.56 Å². The molecular weight excluding hydrogens is 312 g/mol. The van der Waals surface area contributed by atoms with Gasteiger partial charge in [-0.3, -0.25) is 4.79 Å². The fourth-order valence-electron chi connectivity index (χ4n) is 2.14. The summed E-state index contributed by atoms with van der Waals surface area (Å²) in [7, 11) is 3.81. The molecule has 122 valence electrons. The molecule has 2 aromatic carbocycles. The quantitative estimate of drug-likeness (QED) is 0.898. The van der Waals surface area contributed by atoms with Gasteiger partial charge in [-0.05, 0) is 55.3 Å². The summed E-state index contributed by atoms with van der Waals surface area (Å²) in [6.07, 6.45) is 0. The van der Waals surface area contributed by atoms with E-state index in [0.29, 0.717) is 16.5 Å². The Hall–Kier alpha value is -2.20. The van der Waals surface area contributed by atoms with Crippen molar-refractivity contribution in [3.8, 4) is 5.75 Å². The molecule has 0 atom stereocenters. The van der Waals surface area contributed by atoms with Crippen molar-refractivity contribution >= 4 is 28.9 Å². The minimum absolute atomic E-state index is 0.0537. The number of halogens is 1. The third-order valence-corrected chi connectivity index (χ3v) is 3.80. The molecule has 23 heavy (non-hydrogen) atoms. The lowest BCUT2D eigenvalue weighted by Crippen LogP contribution is -2.22. The normalized spacial score (nSPS) is 10.3. The first-order valence-electron chi connectivity index (χ1n) is 7.33. The Labute approximate surface area is 142 Å². The molecule has 0 saturated heterocycles. The van der Waals surface area contributed by atoms with Crippen LogP contribution in [0.3, 0.4) is 0 Å². The van der Waals surface area contributed by atoms with E-state index in [4.69, 9.17) is 16.3 Å². The number of aryl methyl sites for hydroxylation is 2. The second-order valence-corrected chi connectivity index (χ2v) is 6.08. The molecule has 0 fully saturated rings. The van der Waals surface area contributed by atoms with Gasteiger partial charge in [-0.1, -0.05) is 17.7 Å². The zero-order chi connectivity index (χ0) is 17.0. The van der Waals surface area contributed by atoms with Gasteiger partial charge in [0.2, 0.25) is 0 Å². The number of rotatable bonds is 5. The number of carbonyl (C=O) groups excluding carboxylic acids is 1. The second kappa shape index (κ2) is 7.38. The van der Waals surface area contributed by atoms with Gasteiger partial charge < -0.3 is 15.0 Å². The predicted octanol–water partition coefficient (Wildman–Crippen LogP) is 4.04. The van der Waals surface area contributed by atoms with Crippen LogP contribution >= 0.6 is 11.6 Å². The van der Waals surface area contributed by atoms with Crippen LogP contribution in [0.25, 0.3) is 0 Å². The molecule has 0 aliphatic carbocycles. The molecule has 1 N–H and O–H groups in total. The maximum atomic E-state index is 12.1. The predicted molar refractivity (Wildman–Crippen MR) is 95.8 cm³/mol. The standard InChI is InChI=1S/C18H21ClN2O2/c1-12-5-7-15(9-13(12)2)23-11-18(22)20-16-10-14(19)6-8-17(16)21(3)4/h5-10H,11H2,1-4H3,(H,20,22). The van der Waals surface area contributed by atoms with Gasteiger partial charge in [0.1, 0.15) is 5.75 Å². The van der Waals surface area contributed by atoms with Crippen molar-refractivity contribution in [3.63, 3.8) is 0 Å². The molecule has 0 heterocycles. The van der Waals surface area contributed by atoms with E-state index in [9.17, 15) is 4.79 Å². The summed E-state index contributed by atoms with van der Waals surface area (Å²) in [4.78, 5) is 14.0. The highest BCUT2D eigenvalue weighted by molar-refractivity contribution is 6.31. The van der Waals surface area contributed by atoms with Gasteiger partial charge in [0.15, 0.2) is 6.61 Å². The number of carbonyl (C=O) groups is 1. The van der Waals surface area contributed by atoms with Crippen LogP contribution in [0, 0.1) is 13.8 Å². The fraction of sp³-hybridized carbons (Fsp3) is 0.278. The van der Waals surface area contributed by atoms with Crippen LogP contribution in [0.1, 0.15) is 11.1 Å². The minimum atomic E-state index is -0.228. The van der Waals surface area contributed by atoms with E-state index in [0.717, 1.165) is 11.3 Å². The van der Waals surface area contributed by atoms with Gasteiger partial charge in [-0.25, -0.2) is 0 Å². The molecule has 1 amide bonds. The molecule has 2 aromatic rings. The summed E-state index contributed by atoms with van der Waals surface area (Å²) in [6.45, 7) is 3.99. The van der Waals surface area contributed by atoms with Crippen molar-refractivity contribution in [2.45, 2.75) is 13.8 Å². The Bertz CT molecular complexity index is 714. The highest BCUT2D eigenvalue weighted by Gasteiger charge is 2.10. The summed E-state index contributed by atoms with van der Waals surface area (Å²) in [5.41, 5.74) is 3.87. The number of hydrogen-bond donors (Lipinski definition) is 1. The largest absolute Gasteiger partial charge is 0.484 e. The molecule has 0 spiro atoms. The smallest absolute Gasteiger partial charge is 0.262 e. The number of anilines is 2. The highest BCUT2D eigenvalue weighted by Crippen LogP contribution is 2.27. The molecule has 0 radical (unpaired) electrons. The Morgan fingerprint density at radius 3 is 2.52 bits per heavy atom. The summed E-state index contributed by atoms with van der Waals surface area (Å²) in [6, 6.07) is 11.1. The van der Waals surface area contributed by atoms with E-state index >= 15 is 0 Å². The first kappa shape index (κ1) is 17.2. The Morgan fingerprint density at radius 2 is 1.87 bits per heavy atom. The SMILES string of the molecule is Cc1ccc(OCC(=O)Nc2cc(Cl)ccc2N(C)C)cc1C. The van der Waals surface area contributed by atoms with Gasteiger partial charge in [-0.15, -0.1) is 0 Å². The zero-order valence-electron chi connectivity index (χ0n) is 13.8. The van der Waals surface area contributed by atoms with Crippen molar-refractivity contribution in [2.75, 3.05) is 30.9 Å². The van der Waals surface area contributed by atoms with E-state index in [1.54, 1.807) is 12.1 Å². The van der Waals surface area contributed by atoms with Gasteiger partial charge in [0.25, 0.3) is 5.91 Å². The topological polar surface area (TPSA) is 41.6 Å². The summed E-state index contributed by atoms with van der Waals surface area (Å²) in [5.74, 6) is 0.454. The van der Waals surface area contributed by atoms with Crippen molar-refractivity contribution in [3.05, 3.63) is 52.5 Å². The lowest BCUT2D eigenvalue weighted by molar-refractivity contribution is -0.118. The van der Waals surface area contributed by atoms with Gasteiger partial charge in [-0.2, -0.15) is 0 Å². The van der Waals surface area contributed by atoms with E-state index in [-0.39, 0.29) is 12.5 Å². The number of nitrogens with zero attached hydrogens (tertiary/aromatic N) is 1. The molecule has 2 rings (SSSR count). The highest BCUT2D eigenvalue weighted by atomic mass is 35.5. The molecule has 0 saturated carbocycles. The molecule has 0 aromatic heterocycles. The molecule has 5 heteroatoms. The Balaban J connectivity index is 2.02. The molecule has 4 nitrogen and oxygen atoms in total. The number of ether oxygens (including phenoxy) is 1. The summed E-state index contributed by atoms with van der Waals surface area (Å²) < 4.78 is 5.55. The average Bonchev–Trinajstić information content (AvgIpc) is 2.48. The number of benzene rings is 2. The Kier molecular flexibility index (Phi) is 5.50. The Morgan fingerprint density at radius 1 is 1.13 bits per heavy atom. The van der Waals surface area contributed by atoms with Crippen molar-refractivity contribution in [2.24, 2.45) is 0 Å². The van der Waals surface area contributed by atoms with Gasteiger partial charge in [0, 0.05) is 19.1 Å². The molecule has 0 aliphatic heterocycles. The first-order chi connectivity index (χ1) is 10.9. The van der Waals surface area contributed by atoms with Gasteiger partial charge in [0.05, 0.1) is 11.4 Å². The lowest BCUT2D eigenvalue weighted by atomic mass is 10.1. The van der Waals surface area contributed by atoms with Gasteiger partial charge >= 0.3 is 0 Å². The zero-order valence-corrected chi connectivity index (χ0v) is 14.6. The number of hydrogen-bond acceptors (Lipinski definition) is 3. The van der Waals surface area contributed by atoms with Crippen LogP contribution in [0.15, 0.2) is 36.4 Å². The van der Waals surface area contributed by atoms with Crippen LogP contribution in [-0.4, -0.2) is 26.6 Å². The van der Waals surface area contributed by atoms with Crippen molar-refractivity contribution < 1.29 is 9.53 Å². The maximum absolute atomic E-state index is 12.1. The van der Waals surface area contributed by atoms with E-state index in [2.05, 4.69) is 5.32 Å². The third-order valence-electron chi connectivity index (χ3n) is 3.56. The van der Waals surface area contributed by atoms with Crippen molar-refractivity contribution in [1.82, 2.24) is 0 Å². The van der Waals surface area contributed by atoms with Crippen LogP contribution < -0.4 is 15.0 Å². The third kappa shape index (κ3) is 4.63. The molecule has 0 unspecified atom stereocenters. The number of amides is 1. The van der Waals surface area contributed by atoms with Crippen molar-refractivity contribution in [1.29, 1.82) is 0 Å². The number of nitrogens with one attached hydrogen (secondary N) is 1. The van der Waals surface area contributed by atoms with Crippen LogP contribution in [-0.2, 0) is 4.79 Å². The first-order valence-corrected chi connectivity index (χ1v) is 7.71. The van der Waals surface area contributed by atoms with Crippen LogP contribution in [0.5, 0.6) is 5.75 Å². The van der Waals surface area contributed by atoms with E-state index in [1.807, 2.05) is 57.1 Å². The molecule has 0 aliphatic rings. The average molecular weight is 333 g/mol.